The Kier molecular flexibility index (Phi) is 58.2. The van der Waals surface area contributed by atoms with Crippen LogP contribution in [-0.4, -0.2) is 37.2 Å². The van der Waals surface area contributed by atoms with E-state index in [0.29, 0.717) is 19.3 Å². The van der Waals surface area contributed by atoms with Crippen molar-refractivity contribution in [3.8, 4) is 0 Å². The molecule has 0 aromatic carbocycles. The van der Waals surface area contributed by atoms with Crippen molar-refractivity contribution < 1.29 is 28.6 Å². The van der Waals surface area contributed by atoms with Crippen molar-refractivity contribution in [1.82, 2.24) is 0 Å². The Morgan fingerprint density at radius 3 is 0.789 bits per heavy atom. The number of allylic oxidation sites excluding steroid dienone is 6. The summed E-state index contributed by atoms with van der Waals surface area (Å²) in [4.78, 5) is 38.1. The Balaban J connectivity index is 4.17. The minimum absolute atomic E-state index is 0.0701. The van der Waals surface area contributed by atoms with Crippen LogP contribution >= 0.6 is 0 Å². The highest BCUT2D eigenvalue weighted by molar-refractivity contribution is 5.71. The minimum Gasteiger partial charge on any atom is -0.462 e. The van der Waals surface area contributed by atoms with Gasteiger partial charge in [0, 0.05) is 19.3 Å². The van der Waals surface area contributed by atoms with Gasteiger partial charge in [-0.05, 0) is 57.8 Å². The van der Waals surface area contributed by atoms with Gasteiger partial charge in [0.15, 0.2) is 6.10 Å². The second kappa shape index (κ2) is 60.2. The number of unbranched alkanes of at least 4 members (excludes halogenated alkanes) is 41. The smallest absolute Gasteiger partial charge is 0.306 e. The molecule has 0 radical (unpaired) electrons. The van der Waals surface area contributed by atoms with E-state index >= 15 is 0 Å². The molecule has 0 saturated heterocycles. The maximum atomic E-state index is 12.9. The van der Waals surface area contributed by atoms with Gasteiger partial charge >= 0.3 is 17.9 Å². The van der Waals surface area contributed by atoms with E-state index in [4.69, 9.17) is 14.2 Å². The van der Waals surface area contributed by atoms with Crippen LogP contribution in [0.15, 0.2) is 36.5 Å². The zero-order valence-electron chi connectivity index (χ0n) is 47.8. The molecule has 0 aromatic rings. The number of rotatable bonds is 58. The summed E-state index contributed by atoms with van der Waals surface area (Å²) in [6.45, 7) is 6.65. The lowest BCUT2D eigenvalue weighted by atomic mass is 10.0. The lowest BCUT2D eigenvalue weighted by Gasteiger charge is -2.18. The van der Waals surface area contributed by atoms with E-state index in [9.17, 15) is 14.4 Å². The third-order valence-corrected chi connectivity index (χ3v) is 14.1. The molecule has 0 aliphatic carbocycles. The Hall–Kier alpha value is -2.37. The molecule has 0 fully saturated rings. The van der Waals surface area contributed by atoms with Crippen LogP contribution in [-0.2, 0) is 28.6 Å². The zero-order valence-corrected chi connectivity index (χ0v) is 47.8. The van der Waals surface area contributed by atoms with Crippen molar-refractivity contribution in [1.29, 1.82) is 0 Å². The summed E-state index contributed by atoms with van der Waals surface area (Å²) in [5.41, 5.74) is 0. The van der Waals surface area contributed by atoms with Gasteiger partial charge in [-0.25, -0.2) is 0 Å². The van der Waals surface area contributed by atoms with Crippen LogP contribution < -0.4 is 0 Å². The average molecular weight is 998 g/mol. The molecule has 0 aliphatic rings. The predicted octanol–water partition coefficient (Wildman–Crippen LogP) is 21.2. The first kappa shape index (κ1) is 68.6. The predicted molar refractivity (Wildman–Crippen MR) is 307 cm³/mol. The highest BCUT2D eigenvalue weighted by Crippen LogP contribution is 2.17. The summed E-state index contributed by atoms with van der Waals surface area (Å²) in [5, 5.41) is 0. The fraction of sp³-hybridized carbons (Fsp3) is 0.862. The third-order valence-electron chi connectivity index (χ3n) is 14.1. The number of carbonyl (C=O) groups is 3. The van der Waals surface area contributed by atoms with Gasteiger partial charge in [0.25, 0.3) is 0 Å². The minimum atomic E-state index is -0.770. The van der Waals surface area contributed by atoms with E-state index in [-0.39, 0.29) is 31.1 Å². The quantitative estimate of drug-likeness (QED) is 0.0261. The fourth-order valence-corrected chi connectivity index (χ4v) is 9.39. The molecule has 0 saturated carbocycles. The maximum Gasteiger partial charge on any atom is 0.306 e. The number of ether oxygens (including phenoxy) is 3. The van der Waals surface area contributed by atoms with Gasteiger partial charge in [0.05, 0.1) is 0 Å². The largest absolute Gasteiger partial charge is 0.462 e. The van der Waals surface area contributed by atoms with Crippen LogP contribution in [0.2, 0.25) is 0 Å². The molecule has 0 rings (SSSR count). The van der Waals surface area contributed by atoms with Crippen LogP contribution in [0.3, 0.4) is 0 Å². The van der Waals surface area contributed by atoms with Crippen LogP contribution in [0, 0.1) is 0 Å². The number of esters is 3. The van der Waals surface area contributed by atoms with Crippen LogP contribution in [0.4, 0.5) is 0 Å². The molecule has 416 valence electrons. The summed E-state index contributed by atoms with van der Waals surface area (Å²) >= 11 is 0. The van der Waals surface area contributed by atoms with Gasteiger partial charge < -0.3 is 14.2 Å². The van der Waals surface area contributed by atoms with E-state index in [1.165, 1.54) is 225 Å². The molecule has 6 nitrogen and oxygen atoms in total. The standard InChI is InChI=1S/C65H120O6/c1-4-7-10-13-16-19-21-23-25-27-29-31-33-35-36-38-40-42-44-46-49-52-55-58-64(67)70-61-62(60-69-63(66)57-54-51-48-18-15-12-9-6-3)71-65(68)59-56-53-50-47-45-43-41-39-37-34-32-30-28-26-24-22-20-17-14-11-8-5-2/h21,23,27,29,33,35,62H,4-20,22,24-26,28,30-32,34,36-61H2,1-3H3/b23-21-,29-27-,35-33-. The molecular formula is C65H120O6. The van der Waals surface area contributed by atoms with Crippen molar-refractivity contribution in [3.63, 3.8) is 0 Å². The first-order valence-electron chi connectivity index (χ1n) is 31.5. The molecule has 0 heterocycles. The Labute approximate surface area is 442 Å². The van der Waals surface area contributed by atoms with Crippen LogP contribution in [0.1, 0.15) is 342 Å². The summed E-state index contributed by atoms with van der Waals surface area (Å²) in [6, 6.07) is 0. The van der Waals surface area contributed by atoms with Gasteiger partial charge in [0.1, 0.15) is 13.2 Å². The van der Waals surface area contributed by atoms with Crippen molar-refractivity contribution in [2.24, 2.45) is 0 Å². The van der Waals surface area contributed by atoms with Crippen molar-refractivity contribution in [2.75, 3.05) is 13.2 Å². The van der Waals surface area contributed by atoms with Gasteiger partial charge in [-0.1, -0.05) is 301 Å². The zero-order chi connectivity index (χ0) is 51.4. The second-order valence-corrected chi connectivity index (χ2v) is 21.3. The normalized spacial score (nSPS) is 12.2. The van der Waals surface area contributed by atoms with Gasteiger partial charge in [-0.15, -0.1) is 0 Å². The van der Waals surface area contributed by atoms with E-state index in [2.05, 4.69) is 57.2 Å². The van der Waals surface area contributed by atoms with Crippen LogP contribution in [0.25, 0.3) is 0 Å². The molecule has 0 aromatic heterocycles. The maximum absolute atomic E-state index is 12.9. The molecule has 1 atom stereocenters. The Morgan fingerprint density at radius 1 is 0.282 bits per heavy atom. The van der Waals surface area contributed by atoms with Crippen LogP contribution in [0.5, 0.6) is 0 Å². The molecule has 1 unspecified atom stereocenters. The summed E-state index contributed by atoms with van der Waals surface area (Å²) < 4.78 is 16.9. The molecule has 6 heteroatoms. The number of hydrogen-bond acceptors (Lipinski definition) is 6. The topological polar surface area (TPSA) is 78.9 Å². The SMILES string of the molecule is CCCCCCC/C=C\C/C=C\C/C=C\CCCCCCCCCCC(=O)OCC(COC(=O)CCCCCCCCCC)OC(=O)CCCCCCCCCCCCCCCCCCCCCCCC. The summed E-state index contributed by atoms with van der Waals surface area (Å²) in [5.74, 6) is -0.861. The molecule has 0 amide bonds. The molecule has 0 spiro atoms. The molecule has 0 bridgehead atoms. The first-order chi connectivity index (χ1) is 35.0. The Bertz CT molecular complexity index is 1190. The van der Waals surface area contributed by atoms with Gasteiger partial charge in [-0.3, -0.25) is 14.4 Å². The summed E-state index contributed by atoms with van der Waals surface area (Å²) in [6.07, 6.45) is 73.1. The summed E-state index contributed by atoms with van der Waals surface area (Å²) in [7, 11) is 0. The van der Waals surface area contributed by atoms with E-state index in [1.54, 1.807) is 0 Å². The van der Waals surface area contributed by atoms with Gasteiger partial charge in [0.2, 0.25) is 0 Å². The average Bonchev–Trinajstić information content (AvgIpc) is 3.37. The van der Waals surface area contributed by atoms with Crippen molar-refractivity contribution in [2.45, 2.75) is 348 Å². The van der Waals surface area contributed by atoms with E-state index < -0.39 is 6.10 Å². The third kappa shape index (κ3) is 58.4. The Morgan fingerprint density at radius 2 is 0.507 bits per heavy atom. The molecular weight excluding hydrogens is 877 g/mol. The van der Waals surface area contributed by atoms with Crippen molar-refractivity contribution >= 4 is 17.9 Å². The van der Waals surface area contributed by atoms with Gasteiger partial charge in [-0.2, -0.15) is 0 Å². The fourth-order valence-electron chi connectivity index (χ4n) is 9.39. The molecule has 71 heavy (non-hydrogen) atoms. The highest BCUT2D eigenvalue weighted by atomic mass is 16.6. The van der Waals surface area contributed by atoms with E-state index in [0.717, 1.165) is 77.0 Å². The highest BCUT2D eigenvalue weighted by Gasteiger charge is 2.19. The molecule has 0 aliphatic heterocycles. The second-order valence-electron chi connectivity index (χ2n) is 21.3. The lowest BCUT2D eigenvalue weighted by Crippen LogP contribution is -2.30. The first-order valence-corrected chi connectivity index (χ1v) is 31.5. The molecule has 0 N–H and O–H groups in total. The van der Waals surface area contributed by atoms with Crippen molar-refractivity contribution in [3.05, 3.63) is 36.5 Å². The monoisotopic (exact) mass is 997 g/mol. The number of hydrogen-bond donors (Lipinski definition) is 0. The van der Waals surface area contributed by atoms with E-state index in [1.807, 2.05) is 0 Å². The lowest BCUT2D eigenvalue weighted by molar-refractivity contribution is -0.167. The number of carbonyl (C=O) groups excluding carboxylic acids is 3.